The van der Waals surface area contributed by atoms with E-state index in [0.29, 0.717) is 6.54 Å². The largest absolute Gasteiger partial charge is 0.453 e. The molecule has 3 aliphatic heterocycles. The topological polar surface area (TPSA) is 124 Å². The minimum Gasteiger partial charge on any atom is -0.453 e. The van der Waals surface area contributed by atoms with E-state index in [1.807, 2.05) is 4.90 Å². The van der Waals surface area contributed by atoms with E-state index >= 15 is 4.39 Å². The first-order chi connectivity index (χ1) is 26.4. The summed E-state index contributed by atoms with van der Waals surface area (Å²) in [4.78, 5) is 34.8. The smallest absolute Gasteiger partial charge is 0.407 e. The molecule has 11 nitrogen and oxygen atoms in total. The molecule has 2 aromatic carbocycles. The number of halogens is 2. The maximum absolute atomic E-state index is 16.3. The fourth-order valence-corrected chi connectivity index (χ4v) is 10.7. The van der Waals surface area contributed by atoms with Crippen molar-refractivity contribution in [1.82, 2.24) is 20.1 Å². The van der Waals surface area contributed by atoms with Crippen molar-refractivity contribution in [2.24, 2.45) is 11.8 Å². The summed E-state index contributed by atoms with van der Waals surface area (Å²) in [7, 11) is -2.51. The number of amides is 2. The normalized spacial score (nSPS) is 22.9. The molecule has 294 valence electrons. The van der Waals surface area contributed by atoms with Crippen LogP contribution < -0.4 is 15.5 Å². The number of sulfone groups is 1. The summed E-state index contributed by atoms with van der Waals surface area (Å²) in [6.45, 7) is 8.31. The molecule has 4 heterocycles. The number of nitrogens with zero attached hydrogens (tertiary/aromatic N) is 4. The minimum atomic E-state index is -3.89. The second-order valence-electron chi connectivity index (χ2n) is 15.6. The zero-order valence-corrected chi connectivity index (χ0v) is 32.1. The van der Waals surface area contributed by atoms with E-state index in [1.54, 1.807) is 24.3 Å². The van der Waals surface area contributed by atoms with E-state index in [9.17, 15) is 22.4 Å². The second kappa shape index (κ2) is 16.0. The molecule has 1 aromatic heterocycles. The van der Waals surface area contributed by atoms with Crippen LogP contribution in [0.1, 0.15) is 44.1 Å². The summed E-state index contributed by atoms with van der Waals surface area (Å²) in [6, 6.07) is 16.0. The maximum atomic E-state index is 16.3. The number of rotatable bonds is 13. The molecule has 2 amide bonds. The Kier molecular flexibility index (Phi) is 11.3. The number of nitrogens with one attached hydrogen (secondary N) is 2. The molecule has 3 atom stereocenters. The molecule has 0 bridgehead atoms. The summed E-state index contributed by atoms with van der Waals surface area (Å²) in [5.41, 5.74) is -0.0891. The summed E-state index contributed by atoms with van der Waals surface area (Å²) in [5, 5.41) is 5.60. The molecule has 1 aliphatic carbocycles. The van der Waals surface area contributed by atoms with Crippen molar-refractivity contribution in [3.05, 3.63) is 90.9 Å². The van der Waals surface area contributed by atoms with Gasteiger partial charge in [0.25, 0.3) is 0 Å². The average molecular weight is 777 g/mol. The molecule has 3 aromatic rings. The highest BCUT2D eigenvalue weighted by Crippen LogP contribution is 2.51. The van der Waals surface area contributed by atoms with Gasteiger partial charge >= 0.3 is 6.09 Å². The SMILES string of the molecule is C=CC(=O)Nc1cc(S(=O)(=O)c2ccc(N3CC(F)(CN4CCC([C@@](CN5CCC5)(c5cccc(F)c5)[C@H]5CCC[C@@H]5NC(=O)OC)CC4)C3)cc2)ccn1. The number of benzene rings is 2. The van der Waals surface area contributed by atoms with Crippen molar-refractivity contribution in [3.8, 4) is 0 Å². The first-order valence-corrected chi connectivity index (χ1v) is 20.6. The van der Waals surface area contributed by atoms with E-state index in [1.165, 1.54) is 43.6 Å². The highest BCUT2D eigenvalue weighted by molar-refractivity contribution is 7.91. The first-order valence-electron chi connectivity index (χ1n) is 19.2. The number of alkyl halides is 1. The van der Waals surface area contributed by atoms with Crippen LogP contribution in [0.15, 0.2) is 89.3 Å². The number of pyridine rings is 1. The quantitative estimate of drug-likeness (QED) is 0.214. The first kappa shape index (κ1) is 38.9. The number of alkyl carbamates (subject to hydrolysis) is 1. The van der Waals surface area contributed by atoms with Gasteiger partial charge in [-0.15, -0.1) is 0 Å². The fourth-order valence-electron chi connectivity index (χ4n) is 9.46. The number of aromatic nitrogens is 1. The predicted molar refractivity (Wildman–Crippen MR) is 206 cm³/mol. The van der Waals surface area contributed by atoms with Crippen LogP contribution in [0.5, 0.6) is 0 Å². The number of anilines is 2. The summed E-state index contributed by atoms with van der Waals surface area (Å²) < 4.78 is 63.0. The van der Waals surface area contributed by atoms with Gasteiger partial charge in [0.05, 0.1) is 30.0 Å². The van der Waals surface area contributed by atoms with Crippen molar-refractivity contribution < 1.29 is 31.5 Å². The number of piperidine rings is 1. The Morgan fingerprint density at radius 1 is 0.982 bits per heavy atom. The molecule has 0 spiro atoms. The molecule has 0 radical (unpaired) electrons. The summed E-state index contributed by atoms with van der Waals surface area (Å²) in [6.07, 6.45) is 7.49. The fraction of sp³-hybridized carbons (Fsp3) is 0.488. The number of carbonyl (C=O) groups is 2. The number of hydrogen-bond donors (Lipinski definition) is 2. The van der Waals surface area contributed by atoms with Gasteiger partial charge in [0.1, 0.15) is 11.6 Å². The van der Waals surface area contributed by atoms with Crippen LogP contribution in [0.4, 0.5) is 25.1 Å². The van der Waals surface area contributed by atoms with Crippen LogP contribution in [0.25, 0.3) is 0 Å². The van der Waals surface area contributed by atoms with Crippen LogP contribution in [0.2, 0.25) is 0 Å². The van der Waals surface area contributed by atoms with Gasteiger partial charge in [-0.2, -0.15) is 0 Å². The summed E-state index contributed by atoms with van der Waals surface area (Å²) in [5.74, 6) is -0.351. The molecular formula is C41H50F2N6O5S. The van der Waals surface area contributed by atoms with Gasteiger partial charge in [-0.1, -0.05) is 25.1 Å². The number of hydrogen-bond acceptors (Lipinski definition) is 9. The summed E-state index contributed by atoms with van der Waals surface area (Å²) >= 11 is 0. The van der Waals surface area contributed by atoms with Gasteiger partial charge in [-0.25, -0.2) is 27.0 Å². The van der Waals surface area contributed by atoms with Gasteiger partial charge < -0.3 is 25.2 Å². The van der Waals surface area contributed by atoms with Crippen LogP contribution in [-0.2, 0) is 24.8 Å². The third-order valence-corrected chi connectivity index (χ3v) is 14.0. The van der Waals surface area contributed by atoms with Gasteiger partial charge in [-0.3, -0.25) is 9.69 Å². The Balaban J connectivity index is 1.01. The zero-order chi connectivity index (χ0) is 38.8. The standard InChI is InChI=1S/C41H50F2N6O5S/c1-3-38(50)46-37-24-34(15-18-44-37)55(52,53)33-13-11-32(12-14-33)49-26-40(43,27-49)25-48-21-16-29(17-22-48)41(28-47-19-6-20-47,30-7-4-8-31(42)23-30)35-9-5-10-36(35)45-39(51)54-2/h3-4,7-8,11-15,18,23-24,29,35-36H,1,5-6,9-10,16-17,19-22,25-28H2,2H3,(H,45,51)(H,44,46,50)/t35-,36-,41-/m0/s1. The number of ether oxygens (including phenoxy) is 1. The van der Waals surface area contributed by atoms with Gasteiger partial charge in [0.2, 0.25) is 15.7 Å². The van der Waals surface area contributed by atoms with Gasteiger partial charge in [0, 0.05) is 36.4 Å². The van der Waals surface area contributed by atoms with E-state index in [0.717, 1.165) is 88.6 Å². The number of carbonyl (C=O) groups excluding carboxylic acids is 2. The minimum absolute atomic E-state index is 0.0141. The third kappa shape index (κ3) is 8.13. The van der Waals surface area contributed by atoms with Gasteiger partial charge in [-0.05, 0) is 130 Å². The van der Waals surface area contributed by atoms with Crippen LogP contribution in [-0.4, -0.2) is 106 Å². The van der Waals surface area contributed by atoms with E-state index < -0.39 is 32.9 Å². The molecule has 4 aliphatic rings. The van der Waals surface area contributed by atoms with Crippen molar-refractivity contribution >= 4 is 33.3 Å². The van der Waals surface area contributed by atoms with E-state index in [-0.39, 0.29) is 52.4 Å². The molecule has 1 saturated carbocycles. The molecule has 3 saturated heterocycles. The van der Waals surface area contributed by atoms with Crippen molar-refractivity contribution in [3.63, 3.8) is 0 Å². The van der Waals surface area contributed by atoms with Crippen molar-refractivity contribution in [1.29, 1.82) is 0 Å². The highest BCUT2D eigenvalue weighted by atomic mass is 32.2. The lowest BCUT2D eigenvalue weighted by atomic mass is 9.57. The predicted octanol–water partition coefficient (Wildman–Crippen LogP) is 5.59. The van der Waals surface area contributed by atoms with Gasteiger partial charge in [0.15, 0.2) is 5.67 Å². The number of likely N-dealkylation sites (tertiary alicyclic amines) is 2. The molecule has 14 heteroatoms. The van der Waals surface area contributed by atoms with Crippen molar-refractivity contribution in [2.45, 2.75) is 65.4 Å². The lowest BCUT2D eigenvalue weighted by Crippen LogP contribution is -2.65. The monoisotopic (exact) mass is 776 g/mol. The molecule has 7 rings (SSSR count). The van der Waals surface area contributed by atoms with E-state index in [2.05, 4.69) is 38.1 Å². The van der Waals surface area contributed by atoms with Crippen LogP contribution in [0.3, 0.4) is 0 Å². The van der Waals surface area contributed by atoms with Crippen molar-refractivity contribution in [2.75, 3.05) is 69.7 Å². The average Bonchev–Trinajstić information content (AvgIpc) is 3.62. The lowest BCUT2D eigenvalue weighted by molar-refractivity contribution is -0.111. The molecule has 55 heavy (non-hydrogen) atoms. The van der Waals surface area contributed by atoms with E-state index in [4.69, 9.17) is 4.74 Å². The zero-order valence-electron chi connectivity index (χ0n) is 31.3. The maximum Gasteiger partial charge on any atom is 0.407 e. The third-order valence-electron chi connectivity index (χ3n) is 12.2. The Bertz CT molecular complexity index is 1980. The number of methoxy groups -OCH3 is 1. The molecule has 0 unspecified atom stereocenters. The molecule has 4 fully saturated rings. The Morgan fingerprint density at radius 3 is 2.38 bits per heavy atom. The van der Waals surface area contributed by atoms with Crippen LogP contribution >= 0.6 is 0 Å². The Morgan fingerprint density at radius 2 is 1.73 bits per heavy atom. The Hall–Kier alpha value is -4.40. The lowest BCUT2D eigenvalue weighted by Gasteiger charge is -2.54. The second-order valence-corrected chi connectivity index (χ2v) is 17.5. The Labute approximate surface area is 322 Å². The highest BCUT2D eigenvalue weighted by Gasteiger charge is 2.54. The molecular weight excluding hydrogens is 727 g/mol. The molecule has 2 N–H and O–H groups in total. The van der Waals surface area contributed by atoms with Crippen LogP contribution in [0, 0.1) is 17.7 Å².